The maximum atomic E-state index is 12.1. The molecule has 1 aromatic heterocycles. The van der Waals surface area contributed by atoms with Crippen molar-refractivity contribution in [2.75, 3.05) is 0 Å². The lowest BCUT2D eigenvalue weighted by atomic mass is 9.48. The standard InChI is InChI=1S/C21H21NO/c1-21(2)18-14-19(21)20(23)13-16(18)8-5-15-6-9-17(10-7-15)22-11-3-4-12-22/h3-13,18-19H,14H2,1-2H3/t18-,19+/m0/s1. The van der Waals surface area contributed by atoms with E-state index in [1.54, 1.807) is 0 Å². The van der Waals surface area contributed by atoms with Crippen LogP contribution < -0.4 is 0 Å². The summed E-state index contributed by atoms with van der Waals surface area (Å²) in [6, 6.07) is 12.5. The molecule has 1 aromatic carbocycles. The molecule has 2 nitrogen and oxygen atoms in total. The Bertz CT molecular complexity index is 791. The molecule has 0 N–H and O–H groups in total. The molecule has 3 aliphatic rings. The van der Waals surface area contributed by atoms with Gasteiger partial charge in [0.2, 0.25) is 0 Å². The van der Waals surface area contributed by atoms with Crippen molar-refractivity contribution in [1.82, 2.24) is 4.57 Å². The highest BCUT2D eigenvalue weighted by Crippen LogP contribution is 2.58. The third kappa shape index (κ3) is 2.29. The van der Waals surface area contributed by atoms with Crippen LogP contribution in [0.25, 0.3) is 11.8 Å². The first kappa shape index (κ1) is 14.3. The van der Waals surface area contributed by atoms with Gasteiger partial charge in [0.05, 0.1) is 0 Å². The van der Waals surface area contributed by atoms with Crippen LogP contribution in [0.3, 0.4) is 0 Å². The number of rotatable bonds is 3. The maximum absolute atomic E-state index is 12.1. The topological polar surface area (TPSA) is 22.0 Å². The molecular formula is C21H21NO. The Morgan fingerprint density at radius 1 is 1.04 bits per heavy atom. The van der Waals surface area contributed by atoms with Gasteiger partial charge in [-0.05, 0) is 59.2 Å². The molecule has 23 heavy (non-hydrogen) atoms. The highest BCUT2D eigenvalue weighted by atomic mass is 16.1. The third-order valence-corrected chi connectivity index (χ3v) is 5.59. The Morgan fingerprint density at radius 2 is 1.74 bits per heavy atom. The predicted molar refractivity (Wildman–Crippen MR) is 93.3 cm³/mol. The molecule has 2 bridgehead atoms. The van der Waals surface area contributed by atoms with Crippen LogP contribution in [0.15, 0.2) is 66.5 Å². The smallest absolute Gasteiger partial charge is 0.159 e. The number of ketones is 1. The Labute approximate surface area is 137 Å². The van der Waals surface area contributed by atoms with Crippen molar-refractivity contribution in [3.05, 3.63) is 72.1 Å². The van der Waals surface area contributed by atoms with Gasteiger partial charge in [-0.3, -0.25) is 4.79 Å². The third-order valence-electron chi connectivity index (χ3n) is 5.59. The van der Waals surface area contributed by atoms with Crippen molar-refractivity contribution >= 4 is 11.9 Å². The van der Waals surface area contributed by atoms with Gasteiger partial charge in [0.25, 0.3) is 0 Å². The molecule has 116 valence electrons. The second-order valence-corrected chi connectivity index (χ2v) is 7.22. The molecule has 2 heteroatoms. The van der Waals surface area contributed by atoms with Crippen molar-refractivity contribution in [2.45, 2.75) is 20.3 Å². The molecule has 2 aromatic rings. The number of nitrogens with zero attached hydrogens (tertiary/aromatic N) is 1. The quantitative estimate of drug-likeness (QED) is 0.808. The molecule has 2 atom stereocenters. The zero-order valence-electron chi connectivity index (χ0n) is 13.6. The zero-order valence-corrected chi connectivity index (χ0v) is 13.6. The van der Waals surface area contributed by atoms with Crippen molar-refractivity contribution < 1.29 is 4.79 Å². The molecule has 1 fully saturated rings. The fourth-order valence-electron chi connectivity index (χ4n) is 3.96. The average Bonchev–Trinajstić information content (AvgIpc) is 3.07. The van der Waals surface area contributed by atoms with Crippen LogP contribution in [0.2, 0.25) is 0 Å². The summed E-state index contributed by atoms with van der Waals surface area (Å²) < 4.78 is 2.09. The molecule has 3 aliphatic carbocycles. The van der Waals surface area contributed by atoms with Crippen molar-refractivity contribution in [3.8, 4) is 5.69 Å². The van der Waals surface area contributed by atoms with E-state index in [0.717, 1.165) is 17.7 Å². The van der Waals surface area contributed by atoms with E-state index in [1.807, 2.05) is 30.6 Å². The summed E-state index contributed by atoms with van der Waals surface area (Å²) in [7, 11) is 0. The Hall–Kier alpha value is -2.35. The Morgan fingerprint density at radius 3 is 2.35 bits per heavy atom. The number of allylic oxidation sites excluding steroid dienone is 3. The molecule has 0 unspecified atom stereocenters. The van der Waals surface area contributed by atoms with Gasteiger partial charge in [0.1, 0.15) is 0 Å². The fraction of sp³-hybridized carbons (Fsp3) is 0.286. The number of carbonyl (C=O) groups is 1. The Balaban J connectivity index is 1.54. The average molecular weight is 303 g/mol. The van der Waals surface area contributed by atoms with Crippen LogP contribution >= 0.6 is 0 Å². The first-order chi connectivity index (χ1) is 11.1. The van der Waals surface area contributed by atoms with E-state index in [1.165, 1.54) is 5.57 Å². The van der Waals surface area contributed by atoms with E-state index in [2.05, 4.69) is 54.8 Å². The van der Waals surface area contributed by atoms with Gasteiger partial charge in [0.15, 0.2) is 5.78 Å². The van der Waals surface area contributed by atoms with E-state index in [9.17, 15) is 4.79 Å². The lowest BCUT2D eigenvalue weighted by Gasteiger charge is -2.54. The Kier molecular flexibility index (Phi) is 3.15. The number of hydrogen-bond donors (Lipinski definition) is 0. The molecule has 5 rings (SSSR count). The van der Waals surface area contributed by atoms with Crippen LogP contribution in [0.5, 0.6) is 0 Å². The van der Waals surface area contributed by atoms with Gasteiger partial charge in [-0.25, -0.2) is 0 Å². The van der Waals surface area contributed by atoms with Crippen molar-refractivity contribution in [2.24, 2.45) is 17.3 Å². The summed E-state index contributed by atoms with van der Waals surface area (Å²) in [5, 5.41) is 0. The normalized spacial score (nSPS) is 25.3. The number of hydrogen-bond acceptors (Lipinski definition) is 1. The number of carbonyl (C=O) groups excluding carboxylic acids is 1. The molecule has 0 radical (unpaired) electrons. The van der Waals surface area contributed by atoms with E-state index >= 15 is 0 Å². The minimum absolute atomic E-state index is 0.129. The van der Waals surface area contributed by atoms with Crippen LogP contribution in [0, 0.1) is 17.3 Å². The summed E-state index contributed by atoms with van der Waals surface area (Å²) in [6.45, 7) is 4.44. The van der Waals surface area contributed by atoms with Gasteiger partial charge in [-0.2, -0.15) is 0 Å². The van der Waals surface area contributed by atoms with Crippen molar-refractivity contribution in [1.29, 1.82) is 0 Å². The minimum Gasteiger partial charge on any atom is -0.324 e. The predicted octanol–water partition coefficient (Wildman–Crippen LogP) is 4.66. The molecular weight excluding hydrogens is 282 g/mol. The largest absolute Gasteiger partial charge is 0.324 e. The van der Waals surface area contributed by atoms with Gasteiger partial charge >= 0.3 is 0 Å². The first-order valence-electron chi connectivity index (χ1n) is 8.22. The lowest BCUT2D eigenvalue weighted by molar-refractivity contribution is -0.133. The van der Waals surface area contributed by atoms with Crippen LogP contribution in [0.4, 0.5) is 0 Å². The summed E-state index contributed by atoms with van der Waals surface area (Å²) in [6.07, 6.45) is 11.2. The second-order valence-electron chi connectivity index (χ2n) is 7.22. The van der Waals surface area contributed by atoms with Gasteiger partial charge in [-0.15, -0.1) is 0 Å². The van der Waals surface area contributed by atoms with E-state index in [0.29, 0.717) is 11.7 Å². The molecule has 0 amide bonds. The van der Waals surface area contributed by atoms with Gasteiger partial charge in [-0.1, -0.05) is 38.1 Å². The lowest BCUT2D eigenvalue weighted by Crippen LogP contribution is -2.52. The summed E-state index contributed by atoms with van der Waals surface area (Å²) in [5.74, 6) is 1.08. The van der Waals surface area contributed by atoms with Gasteiger partial charge < -0.3 is 4.57 Å². The number of fused-ring (bicyclic) bond motifs is 1. The molecule has 1 heterocycles. The number of benzene rings is 1. The van der Waals surface area contributed by atoms with Crippen molar-refractivity contribution in [3.63, 3.8) is 0 Å². The van der Waals surface area contributed by atoms with Crippen LogP contribution in [0.1, 0.15) is 25.8 Å². The van der Waals surface area contributed by atoms with E-state index in [-0.39, 0.29) is 11.3 Å². The molecule has 0 aliphatic heterocycles. The van der Waals surface area contributed by atoms with E-state index in [4.69, 9.17) is 0 Å². The fourth-order valence-corrected chi connectivity index (χ4v) is 3.96. The SMILES string of the molecule is CC1(C)[C@@H]2C[C@H]1C(C=Cc1ccc(-n3cccc3)cc1)=CC2=O. The zero-order chi connectivity index (χ0) is 16.0. The monoisotopic (exact) mass is 303 g/mol. The van der Waals surface area contributed by atoms with E-state index < -0.39 is 0 Å². The first-order valence-corrected chi connectivity index (χ1v) is 8.22. The summed E-state index contributed by atoms with van der Waals surface area (Å²) >= 11 is 0. The molecule has 0 spiro atoms. The maximum Gasteiger partial charge on any atom is 0.159 e. The summed E-state index contributed by atoms with van der Waals surface area (Å²) in [5.41, 5.74) is 3.64. The van der Waals surface area contributed by atoms with Crippen LogP contribution in [-0.4, -0.2) is 10.4 Å². The minimum atomic E-state index is 0.129. The second kappa shape index (κ2) is 5.09. The highest BCUT2D eigenvalue weighted by Gasteiger charge is 2.54. The molecule has 0 saturated heterocycles. The van der Waals surface area contributed by atoms with Gasteiger partial charge in [0, 0.05) is 24.0 Å². The molecule has 1 saturated carbocycles. The number of aromatic nitrogens is 1. The highest BCUT2D eigenvalue weighted by molar-refractivity contribution is 5.96. The van der Waals surface area contributed by atoms with Crippen LogP contribution in [-0.2, 0) is 4.79 Å². The summed E-state index contributed by atoms with van der Waals surface area (Å²) in [4.78, 5) is 12.1.